The fourth-order valence-electron chi connectivity index (χ4n) is 2.65. The summed E-state index contributed by atoms with van der Waals surface area (Å²) >= 11 is 1.54. The fraction of sp³-hybridized carbons (Fsp3) is 0.312. The van der Waals surface area contributed by atoms with E-state index in [9.17, 15) is 13.2 Å². The van der Waals surface area contributed by atoms with Gasteiger partial charge < -0.3 is 5.32 Å². The number of fused-ring (bicyclic) bond motifs is 1. The molecule has 1 aromatic heterocycles. The van der Waals surface area contributed by atoms with Gasteiger partial charge in [0.25, 0.3) is 0 Å². The van der Waals surface area contributed by atoms with E-state index < -0.39 is 10.0 Å². The van der Waals surface area contributed by atoms with Crippen molar-refractivity contribution in [3.8, 4) is 0 Å². The van der Waals surface area contributed by atoms with Crippen molar-refractivity contribution in [3.63, 3.8) is 0 Å². The molecule has 23 heavy (non-hydrogen) atoms. The van der Waals surface area contributed by atoms with Gasteiger partial charge in [-0.05, 0) is 42.1 Å². The molecule has 1 aromatic carbocycles. The highest BCUT2D eigenvalue weighted by molar-refractivity contribution is 7.89. The average molecular weight is 350 g/mol. The lowest BCUT2D eigenvalue weighted by molar-refractivity contribution is -0.116. The molecule has 0 saturated carbocycles. The van der Waals surface area contributed by atoms with Gasteiger partial charge in [0.05, 0.1) is 10.8 Å². The van der Waals surface area contributed by atoms with E-state index in [-0.39, 0.29) is 16.7 Å². The van der Waals surface area contributed by atoms with Crippen molar-refractivity contribution in [2.45, 2.75) is 31.2 Å². The zero-order valence-electron chi connectivity index (χ0n) is 12.9. The van der Waals surface area contributed by atoms with Gasteiger partial charge in [0.2, 0.25) is 15.9 Å². The van der Waals surface area contributed by atoms with Crippen molar-refractivity contribution < 1.29 is 13.2 Å². The number of rotatable bonds is 5. The second kappa shape index (κ2) is 6.07. The molecule has 0 aliphatic carbocycles. The maximum atomic E-state index is 12.9. The van der Waals surface area contributed by atoms with Crippen molar-refractivity contribution in [3.05, 3.63) is 46.2 Å². The maximum Gasteiger partial charge on any atom is 0.243 e. The van der Waals surface area contributed by atoms with Crippen LogP contribution in [0.1, 0.15) is 30.2 Å². The summed E-state index contributed by atoms with van der Waals surface area (Å²) in [5.41, 5.74) is 1.44. The van der Waals surface area contributed by atoms with E-state index >= 15 is 0 Å². The molecule has 5 nitrogen and oxygen atoms in total. The number of amides is 1. The average Bonchev–Trinajstić information content (AvgIpc) is 3.13. The van der Waals surface area contributed by atoms with Gasteiger partial charge in [0.1, 0.15) is 0 Å². The Balaban J connectivity index is 1.94. The monoisotopic (exact) mass is 350 g/mol. The maximum absolute atomic E-state index is 12.9. The number of carbonyl (C=O) groups is 1. The molecule has 1 atom stereocenters. The summed E-state index contributed by atoms with van der Waals surface area (Å²) in [7, 11) is -3.59. The Labute approximate surface area is 140 Å². The van der Waals surface area contributed by atoms with Crippen LogP contribution in [0.3, 0.4) is 0 Å². The van der Waals surface area contributed by atoms with E-state index in [0.717, 1.165) is 10.4 Å². The third kappa shape index (κ3) is 2.91. The normalized spacial score (nSPS) is 17.3. The van der Waals surface area contributed by atoms with Gasteiger partial charge in [-0.3, -0.25) is 4.79 Å². The predicted octanol–water partition coefficient (Wildman–Crippen LogP) is 3.01. The van der Waals surface area contributed by atoms with Crippen LogP contribution in [0.5, 0.6) is 0 Å². The first kappa shape index (κ1) is 16.2. The number of anilines is 1. The summed E-state index contributed by atoms with van der Waals surface area (Å²) in [6.45, 7) is 4.36. The van der Waals surface area contributed by atoms with Crippen LogP contribution < -0.4 is 5.32 Å². The van der Waals surface area contributed by atoms with Gasteiger partial charge >= 0.3 is 0 Å². The number of hydrogen-bond donors (Lipinski definition) is 1. The minimum atomic E-state index is -3.59. The molecule has 0 unspecified atom stereocenters. The molecule has 1 aliphatic heterocycles. The topological polar surface area (TPSA) is 66.5 Å². The Morgan fingerprint density at radius 2 is 2.09 bits per heavy atom. The van der Waals surface area contributed by atoms with Crippen LogP contribution in [0.2, 0.25) is 0 Å². The van der Waals surface area contributed by atoms with Crippen LogP contribution in [0.15, 0.2) is 40.6 Å². The van der Waals surface area contributed by atoms with Crippen molar-refractivity contribution >= 4 is 33.0 Å². The molecule has 2 heterocycles. The highest BCUT2D eigenvalue weighted by Crippen LogP contribution is 2.34. The number of carbonyl (C=O) groups excluding carboxylic acids is 1. The van der Waals surface area contributed by atoms with E-state index in [1.807, 2.05) is 24.4 Å². The summed E-state index contributed by atoms with van der Waals surface area (Å²) in [5.74, 6) is -0.423. The molecule has 0 radical (unpaired) electrons. The number of sulfonamides is 1. The van der Waals surface area contributed by atoms with Crippen LogP contribution in [-0.2, 0) is 21.4 Å². The number of hydrogen-bond acceptors (Lipinski definition) is 4. The van der Waals surface area contributed by atoms with Gasteiger partial charge in [-0.15, -0.1) is 11.3 Å². The molecule has 3 rings (SSSR count). The van der Waals surface area contributed by atoms with Gasteiger partial charge in [0, 0.05) is 23.7 Å². The minimum absolute atomic E-state index is 0.0968. The van der Waals surface area contributed by atoms with E-state index in [4.69, 9.17) is 0 Å². The molecule has 0 bridgehead atoms. The molecule has 2 aromatic rings. The van der Waals surface area contributed by atoms with Crippen LogP contribution >= 0.6 is 11.3 Å². The zero-order valence-corrected chi connectivity index (χ0v) is 14.6. The summed E-state index contributed by atoms with van der Waals surface area (Å²) in [6, 6.07) is 8.68. The SMILES string of the molecule is CCN(Cc1cccs1)S(=O)(=O)c1ccc2c(c1)[C@@H](C)C(=O)N2. The number of benzene rings is 1. The molecule has 1 aliphatic rings. The fourth-order valence-corrected chi connectivity index (χ4v) is 4.91. The van der Waals surface area contributed by atoms with Gasteiger partial charge in [-0.2, -0.15) is 4.31 Å². The van der Waals surface area contributed by atoms with E-state index in [1.165, 1.54) is 15.6 Å². The smallest absolute Gasteiger partial charge is 0.243 e. The Kier molecular flexibility index (Phi) is 4.27. The predicted molar refractivity (Wildman–Crippen MR) is 91.1 cm³/mol. The highest BCUT2D eigenvalue weighted by atomic mass is 32.2. The van der Waals surface area contributed by atoms with Crippen LogP contribution in [-0.4, -0.2) is 25.2 Å². The zero-order chi connectivity index (χ0) is 16.6. The second-order valence-corrected chi connectivity index (χ2v) is 8.44. The van der Waals surface area contributed by atoms with Crippen LogP contribution in [0.4, 0.5) is 5.69 Å². The standard InChI is InChI=1S/C16H18N2O3S2/c1-3-18(10-12-5-4-8-22-12)23(20,21)13-6-7-15-14(9-13)11(2)16(19)17-15/h4-9,11H,3,10H2,1-2H3,(H,17,19)/t11-/m1/s1. The van der Waals surface area contributed by atoms with Gasteiger partial charge in [-0.25, -0.2) is 8.42 Å². The summed E-state index contributed by atoms with van der Waals surface area (Å²) in [4.78, 5) is 13.0. The number of nitrogens with zero attached hydrogens (tertiary/aromatic N) is 1. The third-order valence-electron chi connectivity index (χ3n) is 4.04. The van der Waals surface area contributed by atoms with Crippen molar-refractivity contribution in [1.29, 1.82) is 0 Å². The third-order valence-corrected chi connectivity index (χ3v) is 6.82. The minimum Gasteiger partial charge on any atom is -0.325 e. The van der Waals surface area contributed by atoms with Crippen molar-refractivity contribution in [2.24, 2.45) is 0 Å². The largest absolute Gasteiger partial charge is 0.325 e. The molecule has 0 spiro atoms. The summed E-state index contributed by atoms with van der Waals surface area (Å²) < 4.78 is 27.3. The lowest BCUT2D eigenvalue weighted by atomic mass is 10.0. The Bertz CT molecular complexity index is 829. The van der Waals surface area contributed by atoms with Crippen molar-refractivity contribution in [2.75, 3.05) is 11.9 Å². The molecule has 1 N–H and O–H groups in total. The van der Waals surface area contributed by atoms with E-state index in [0.29, 0.717) is 18.8 Å². The number of thiophene rings is 1. The van der Waals surface area contributed by atoms with Crippen molar-refractivity contribution in [1.82, 2.24) is 4.31 Å². The highest BCUT2D eigenvalue weighted by Gasteiger charge is 2.30. The molecule has 7 heteroatoms. The molecule has 1 amide bonds. The molecule has 0 saturated heterocycles. The summed E-state index contributed by atoms with van der Waals surface area (Å²) in [5, 5.41) is 4.69. The molecule has 122 valence electrons. The Morgan fingerprint density at radius 3 is 2.74 bits per heavy atom. The Hall–Kier alpha value is -1.70. The Morgan fingerprint density at radius 1 is 1.30 bits per heavy atom. The lowest BCUT2D eigenvalue weighted by Crippen LogP contribution is -2.30. The summed E-state index contributed by atoms with van der Waals surface area (Å²) in [6.07, 6.45) is 0. The quantitative estimate of drug-likeness (QED) is 0.901. The molecular weight excluding hydrogens is 332 g/mol. The molecular formula is C16H18N2O3S2. The van der Waals surface area contributed by atoms with Crippen LogP contribution in [0.25, 0.3) is 0 Å². The first-order valence-corrected chi connectivity index (χ1v) is 9.72. The van der Waals surface area contributed by atoms with Gasteiger partial charge in [-0.1, -0.05) is 13.0 Å². The lowest BCUT2D eigenvalue weighted by Gasteiger charge is -2.20. The first-order chi connectivity index (χ1) is 10.9. The van der Waals surface area contributed by atoms with Gasteiger partial charge in [0.15, 0.2) is 0 Å². The second-order valence-electron chi connectivity index (χ2n) is 5.47. The molecule has 0 fully saturated rings. The first-order valence-electron chi connectivity index (χ1n) is 7.41. The van der Waals surface area contributed by atoms with Crippen LogP contribution in [0, 0.1) is 0 Å². The number of nitrogens with one attached hydrogen (secondary N) is 1. The van der Waals surface area contributed by atoms with E-state index in [2.05, 4.69) is 5.32 Å². The van der Waals surface area contributed by atoms with E-state index in [1.54, 1.807) is 25.1 Å².